The minimum atomic E-state index is -3.46. The third-order valence-corrected chi connectivity index (χ3v) is 5.18. The molecule has 0 aromatic heterocycles. The van der Waals surface area contributed by atoms with Crippen LogP contribution in [0.5, 0.6) is 0 Å². The van der Waals surface area contributed by atoms with Crippen molar-refractivity contribution in [1.29, 1.82) is 0 Å². The van der Waals surface area contributed by atoms with Gasteiger partial charge in [0.1, 0.15) is 0 Å². The zero-order chi connectivity index (χ0) is 13.9. The zero-order valence-electron chi connectivity index (χ0n) is 11.2. The van der Waals surface area contributed by atoms with Gasteiger partial charge in [-0.25, -0.2) is 13.1 Å². The maximum atomic E-state index is 12.1. The second-order valence-corrected chi connectivity index (χ2v) is 7.21. The van der Waals surface area contributed by atoms with Crippen LogP contribution in [0, 0.1) is 11.8 Å². The summed E-state index contributed by atoms with van der Waals surface area (Å²) in [4.78, 5) is 0.227. The van der Waals surface area contributed by atoms with E-state index in [4.69, 9.17) is 5.11 Å². The highest BCUT2D eigenvalue weighted by molar-refractivity contribution is 7.89. The van der Waals surface area contributed by atoms with Gasteiger partial charge in [-0.2, -0.15) is 0 Å². The second kappa shape index (κ2) is 6.03. The minimum absolute atomic E-state index is 0.149. The third-order valence-electron chi connectivity index (χ3n) is 3.76. The number of aliphatic hydroxyl groups excluding tert-OH is 1. The molecule has 1 aliphatic rings. The first-order chi connectivity index (χ1) is 9.01. The number of aliphatic hydroxyl groups is 1. The van der Waals surface area contributed by atoms with Gasteiger partial charge < -0.3 is 5.11 Å². The largest absolute Gasteiger partial charge is 0.392 e. The molecule has 2 unspecified atom stereocenters. The lowest BCUT2D eigenvalue weighted by atomic mass is 10.1. The summed E-state index contributed by atoms with van der Waals surface area (Å²) in [5, 5.41) is 9.04. The van der Waals surface area contributed by atoms with E-state index < -0.39 is 10.0 Å². The summed E-state index contributed by atoms with van der Waals surface area (Å²) in [5.74, 6) is 1.15. The molecule has 0 amide bonds. The standard InChI is InChI=1S/C14H21NO3S/c1-11-5-6-12(7-11)9-15-19(17,18)14-4-2-3-13(8-14)10-16/h2-4,8,11-12,15-16H,5-7,9-10H2,1H3. The summed E-state index contributed by atoms with van der Waals surface area (Å²) in [6.07, 6.45) is 3.38. The fourth-order valence-corrected chi connectivity index (χ4v) is 3.82. The van der Waals surface area contributed by atoms with Crippen LogP contribution in [0.1, 0.15) is 31.7 Å². The van der Waals surface area contributed by atoms with Crippen LogP contribution in [0.15, 0.2) is 29.2 Å². The Bertz CT molecular complexity index is 527. The van der Waals surface area contributed by atoms with Crippen LogP contribution >= 0.6 is 0 Å². The van der Waals surface area contributed by atoms with Crippen molar-refractivity contribution in [2.75, 3.05) is 6.54 Å². The van der Waals surface area contributed by atoms with Crippen LogP contribution in [-0.4, -0.2) is 20.1 Å². The van der Waals surface area contributed by atoms with E-state index in [2.05, 4.69) is 11.6 Å². The molecular weight excluding hydrogens is 262 g/mol. The summed E-state index contributed by atoms with van der Waals surface area (Å²) in [6, 6.07) is 6.42. The van der Waals surface area contributed by atoms with E-state index in [0.717, 1.165) is 12.8 Å². The molecule has 19 heavy (non-hydrogen) atoms. The van der Waals surface area contributed by atoms with Gasteiger partial charge in [-0.15, -0.1) is 0 Å². The van der Waals surface area contributed by atoms with E-state index >= 15 is 0 Å². The van der Waals surface area contributed by atoms with E-state index in [1.807, 2.05) is 0 Å². The van der Waals surface area contributed by atoms with Crippen LogP contribution in [0.3, 0.4) is 0 Å². The number of hydrogen-bond acceptors (Lipinski definition) is 3. The summed E-state index contributed by atoms with van der Waals surface area (Å²) >= 11 is 0. The second-order valence-electron chi connectivity index (χ2n) is 5.44. The van der Waals surface area contributed by atoms with Gasteiger partial charge in [-0.05, 0) is 42.4 Å². The first-order valence-electron chi connectivity index (χ1n) is 6.70. The highest BCUT2D eigenvalue weighted by Crippen LogP contribution is 2.29. The van der Waals surface area contributed by atoms with Crippen LogP contribution in [0.2, 0.25) is 0 Å². The highest BCUT2D eigenvalue weighted by Gasteiger charge is 2.23. The van der Waals surface area contributed by atoms with E-state index in [0.29, 0.717) is 23.9 Å². The Morgan fingerprint density at radius 3 is 2.79 bits per heavy atom. The number of benzene rings is 1. The highest BCUT2D eigenvalue weighted by atomic mass is 32.2. The summed E-state index contributed by atoms with van der Waals surface area (Å²) in [6.45, 7) is 2.57. The Morgan fingerprint density at radius 2 is 2.16 bits per heavy atom. The Hall–Kier alpha value is -0.910. The van der Waals surface area contributed by atoms with Crippen LogP contribution in [0.25, 0.3) is 0 Å². The SMILES string of the molecule is CC1CCC(CNS(=O)(=O)c2cccc(CO)c2)C1. The summed E-state index contributed by atoms with van der Waals surface area (Å²) < 4.78 is 27.0. The molecule has 5 heteroatoms. The van der Waals surface area contributed by atoms with Gasteiger partial charge in [0.05, 0.1) is 11.5 Å². The molecule has 0 saturated heterocycles. The quantitative estimate of drug-likeness (QED) is 0.867. The first-order valence-corrected chi connectivity index (χ1v) is 8.19. The van der Waals surface area contributed by atoms with Gasteiger partial charge in [0, 0.05) is 6.54 Å². The van der Waals surface area contributed by atoms with E-state index in [1.54, 1.807) is 18.2 Å². The average molecular weight is 283 g/mol. The Kier molecular flexibility index (Phi) is 4.60. The van der Waals surface area contributed by atoms with Crippen molar-refractivity contribution in [2.24, 2.45) is 11.8 Å². The maximum absolute atomic E-state index is 12.1. The molecule has 0 spiro atoms. The predicted octanol–water partition coefficient (Wildman–Crippen LogP) is 1.89. The van der Waals surface area contributed by atoms with Crippen LogP contribution < -0.4 is 4.72 Å². The third kappa shape index (κ3) is 3.78. The molecular formula is C14H21NO3S. The normalized spacial score (nSPS) is 23.7. The number of sulfonamides is 1. The topological polar surface area (TPSA) is 66.4 Å². The lowest BCUT2D eigenvalue weighted by Gasteiger charge is -2.12. The molecule has 0 bridgehead atoms. The van der Waals surface area contributed by atoms with E-state index in [9.17, 15) is 8.42 Å². The van der Waals surface area contributed by atoms with Crippen molar-refractivity contribution in [2.45, 2.75) is 37.7 Å². The van der Waals surface area contributed by atoms with Crippen molar-refractivity contribution in [3.63, 3.8) is 0 Å². The Labute approximate surface area is 114 Å². The van der Waals surface area contributed by atoms with Gasteiger partial charge in [0.2, 0.25) is 10.0 Å². The van der Waals surface area contributed by atoms with E-state index in [-0.39, 0.29) is 11.5 Å². The van der Waals surface area contributed by atoms with Crippen molar-refractivity contribution < 1.29 is 13.5 Å². The van der Waals surface area contributed by atoms with Gasteiger partial charge in [0.25, 0.3) is 0 Å². The fraction of sp³-hybridized carbons (Fsp3) is 0.571. The maximum Gasteiger partial charge on any atom is 0.240 e. The van der Waals surface area contributed by atoms with Crippen molar-refractivity contribution in [3.8, 4) is 0 Å². The van der Waals surface area contributed by atoms with Crippen LogP contribution in [-0.2, 0) is 16.6 Å². The molecule has 1 aromatic rings. The predicted molar refractivity (Wildman–Crippen MR) is 74.1 cm³/mol. The molecule has 2 atom stereocenters. The Balaban J connectivity index is 2.01. The number of rotatable bonds is 5. The summed E-state index contributed by atoms with van der Waals surface area (Å²) in [7, 11) is -3.46. The molecule has 0 aliphatic heterocycles. The van der Waals surface area contributed by atoms with Crippen molar-refractivity contribution >= 4 is 10.0 Å². The molecule has 1 saturated carbocycles. The number of hydrogen-bond donors (Lipinski definition) is 2. The average Bonchev–Trinajstić information content (AvgIpc) is 2.82. The smallest absolute Gasteiger partial charge is 0.240 e. The molecule has 0 heterocycles. The lowest BCUT2D eigenvalue weighted by molar-refractivity contribution is 0.281. The molecule has 0 radical (unpaired) electrons. The van der Waals surface area contributed by atoms with Gasteiger partial charge in [-0.1, -0.05) is 25.5 Å². The number of nitrogens with one attached hydrogen (secondary N) is 1. The summed E-state index contributed by atoms with van der Waals surface area (Å²) in [5.41, 5.74) is 0.609. The van der Waals surface area contributed by atoms with Crippen LogP contribution in [0.4, 0.5) is 0 Å². The fourth-order valence-electron chi connectivity index (χ4n) is 2.63. The molecule has 106 valence electrons. The molecule has 2 rings (SSSR count). The molecule has 1 aliphatic carbocycles. The minimum Gasteiger partial charge on any atom is -0.392 e. The van der Waals surface area contributed by atoms with Crippen molar-refractivity contribution in [3.05, 3.63) is 29.8 Å². The van der Waals surface area contributed by atoms with Gasteiger partial charge in [0.15, 0.2) is 0 Å². The molecule has 1 fully saturated rings. The first kappa shape index (κ1) is 14.5. The van der Waals surface area contributed by atoms with Crippen molar-refractivity contribution in [1.82, 2.24) is 4.72 Å². The lowest BCUT2D eigenvalue weighted by Crippen LogP contribution is -2.28. The van der Waals surface area contributed by atoms with E-state index in [1.165, 1.54) is 12.5 Å². The van der Waals surface area contributed by atoms with Gasteiger partial charge in [-0.3, -0.25) is 0 Å². The molecule has 4 nitrogen and oxygen atoms in total. The molecule has 2 N–H and O–H groups in total. The zero-order valence-corrected chi connectivity index (χ0v) is 12.0. The monoisotopic (exact) mass is 283 g/mol. The Morgan fingerprint density at radius 1 is 1.37 bits per heavy atom. The van der Waals surface area contributed by atoms with Gasteiger partial charge >= 0.3 is 0 Å². The molecule has 1 aromatic carbocycles.